The Morgan fingerprint density at radius 3 is 1.17 bits per heavy atom. The monoisotopic (exact) mass is 774 g/mol. The van der Waals surface area contributed by atoms with Crippen molar-refractivity contribution in [2.45, 2.75) is 61.1 Å². The van der Waals surface area contributed by atoms with E-state index in [9.17, 15) is 21.0 Å². The van der Waals surface area contributed by atoms with Gasteiger partial charge in [0.15, 0.2) is 0 Å². The Kier molecular flexibility index (Phi) is 16.5. The number of ether oxygens (including phenoxy) is 2. The lowest BCUT2D eigenvalue weighted by Crippen LogP contribution is -2.27. The predicted molar refractivity (Wildman–Crippen MR) is 205 cm³/mol. The molecule has 0 saturated heterocycles. The number of hydrogen-bond acceptors (Lipinski definition) is 9. The second kappa shape index (κ2) is 20.0. The van der Waals surface area contributed by atoms with Crippen molar-refractivity contribution >= 4 is 31.0 Å². The summed E-state index contributed by atoms with van der Waals surface area (Å²) >= 11 is 0. The summed E-state index contributed by atoms with van der Waals surface area (Å²) in [5.74, 6) is 1.55. The lowest BCUT2D eigenvalue weighted by molar-refractivity contribution is 0.222. The zero-order chi connectivity index (χ0) is 38.5. The Balaban J connectivity index is 0.000000269. The first-order chi connectivity index (χ1) is 24.6. The van der Waals surface area contributed by atoms with E-state index in [1.165, 1.54) is 24.3 Å². The van der Waals surface area contributed by atoms with Crippen molar-refractivity contribution in [3.8, 4) is 22.6 Å². The lowest BCUT2D eigenvalue weighted by Gasteiger charge is -2.18. The van der Waals surface area contributed by atoms with Gasteiger partial charge in [-0.25, -0.2) is 4.21 Å². The Morgan fingerprint density at radius 1 is 0.558 bits per heavy atom. The minimum Gasteiger partial charge on any atom is -0.492 e. The minimum atomic E-state index is -4.02. The van der Waals surface area contributed by atoms with Crippen molar-refractivity contribution in [1.29, 1.82) is 0 Å². The van der Waals surface area contributed by atoms with E-state index in [0.717, 1.165) is 82.8 Å². The van der Waals surface area contributed by atoms with E-state index in [4.69, 9.17) is 18.6 Å². The second-order valence-corrected chi connectivity index (χ2v) is 16.2. The molecule has 1 aliphatic rings. The topological polar surface area (TPSA) is 151 Å². The van der Waals surface area contributed by atoms with Crippen molar-refractivity contribution < 1.29 is 39.6 Å². The van der Waals surface area contributed by atoms with Crippen LogP contribution in [0.15, 0.2) is 105 Å². The molecule has 14 heteroatoms. The molecule has 4 aromatic carbocycles. The Morgan fingerprint density at radius 2 is 0.885 bits per heavy atom. The number of nitrogens with zero attached hydrogens (tertiary/aromatic N) is 2. The minimum absolute atomic E-state index is 0.0666. The van der Waals surface area contributed by atoms with E-state index in [2.05, 4.69) is 37.5 Å². The normalized spacial score (nSPS) is 12.3. The highest BCUT2D eigenvalue weighted by Crippen LogP contribution is 2.43. The van der Waals surface area contributed by atoms with Gasteiger partial charge in [0, 0.05) is 13.1 Å². The van der Waals surface area contributed by atoms with E-state index in [1.54, 1.807) is 24.3 Å². The van der Waals surface area contributed by atoms with Gasteiger partial charge in [-0.05, 0) is 112 Å². The highest BCUT2D eigenvalue weighted by atomic mass is 32.2. The van der Waals surface area contributed by atoms with Crippen LogP contribution in [0.2, 0.25) is 0 Å². The van der Waals surface area contributed by atoms with Crippen LogP contribution in [0.25, 0.3) is 11.1 Å². The Hall–Kier alpha value is -3.63. The summed E-state index contributed by atoms with van der Waals surface area (Å²) in [6, 6.07) is 23.8. The van der Waals surface area contributed by atoms with Crippen LogP contribution >= 0.6 is 0 Å². The molecule has 0 saturated carbocycles. The van der Waals surface area contributed by atoms with E-state index in [0.29, 0.717) is 13.2 Å². The number of likely N-dealkylation sites (N-methyl/N-ethyl adjacent to an activating group) is 2. The van der Waals surface area contributed by atoms with Crippen molar-refractivity contribution in [3.63, 3.8) is 0 Å². The molecule has 284 valence electrons. The SMILES string of the molecule is CCN(CC)CCOc1ccc2c(c1)S(=O)c1cc(OCCN(CC)CC)ccc1-2.Cc1ccc(S(=O)(=O)O)cc1.Cc1ccc(S(=O)(=O)O)cc1. The van der Waals surface area contributed by atoms with Crippen LogP contribution in [0.5, 0.6) is 11.5 Å². The summed E-state index contributed by atoms with van der Waals surface area (Å²) in [6.07, 6.45) is 0. The highest BCUT2D eigenvalue weighted by molar-refractivity contribution is 7.86. The fraction of sp³-hybridized carbons (Fsp3) is 0.368. The van der Waals surface area contributed by atoms with Crippen LogP contribution in [-0.2, 0) is 31.0 Å². The van der Waals surface area contributed by atoms with Crippen LogP contribution < -0.4 is 9.47 Å². The third kappa shape index (κ3) is 12.8. The van der Waals surface area contributed by atoms with E-state index in [1.807, 2.05) is 50.2 Å². The van der Waals surface area contributed by atoms with Crippen molar-refractivity contribution in [2.24, 2.45) is 0 Å². The molecule has 0 fully saturated rings. The maximum atomic E-state index is 13.1. The average molecular weight is 775 g/mol. The number of rotatable bonds is 14. The predicted octanol–water partition coefficient (Wildman–Crippen LogP) is 6.76. The van der Waals surface area contributed by atoms with Crippen LogP contribution in [-0.4, -0.2) is 92.4 Å². The maximum absolute atomic E-state index is 13.1. The third-order valence-corrected chi connectivity index (χ3v) is 11.6. The first kappa shape index (κ1) is 42.8. The number of fused-ring (bicyclic) bond motifs is 3. The summed E-state index contributed by atoms with van der Waals surface area (Å²) in [5, 5.41) is 0. The highest BCUT2D eigenvalue weighted by Gasteiger charge is 2.27. The van der Waals surface area contributed by atoms with Crippen LogP contribution in [0, 0.1) is 13.8 Å². The zero-order valence-corrected chi connectivity index (χ0v) is 33.1. The van der Waals surface area contributed by atoms with Crippen molar-refractivity contribution in [2.75, 3.05) is 52.5 Å². The van der Waals surface area contributed by atoms with Gasteiger partial charge in [-0.3, -0.25) is 9.11 Å². The van der Waals surface area contributed by atoms with Gasteiger partial charge in [0.25, 0.3) is 20.2 Å². The molecule has 0 aromatic heterocycles. The first-order valence-electron chi connectivity index (χ1n) is 17.1. The van der Waals surface area contributed by atoms with Gasteiger partial charge >= 0.3 is 0 Å². The molecule has 0 radical (unpaired) electrons. The molecule has 52 heavy (non-hydrogen) atoms. The smallest absolute Gasteiger partial charge is 0.294 e. The van der Waals surface area contributed by atoms with Gasteiger partial charge in [0.1, 0.15) is 24.7 Å². The summed E-state index contributed by atoms with van der Waals surface area (Å²) in [6.45, 7) is 19.4. The summed E-state index contributed by atoms with van der Waals surface area (Å²) in [7, 11) is -9.25. The fourth-order valence-electron chi connectivity index (χ4n) is 5.14. The molecular weight excluding hydrogens is 725 g/mol. The van der Waals surface area contributed by atoms with Crippen molar-refractivity contribution in [3.05, 3.63) is 96.1 Å². The molecule has 0 aliphatic carbocycles. The number of hydrogen-bond donors (Lipinski definition) is 2. The van der Waals surface area contributed by atoms with Gasteiger partial charge in [-0.2, -0.15) is 16.8 Å². The molecule has 4 aromatic rings. The first-order valence-corrected chi connectivity index (χ1v) is 21.1. The molecular formula is C38H50N2O9S3. The molecule has 0 amide bonds. The van der Waals surface area contributed by atoms with Gasteiger partial charge in [0.05, 0.1) is 30.4 Å². The molecule has 0 atom stereocenters. The quantitative estimate of drug-likeness (QED) is 0.115. The lowest BCUT2D eigenvalue weighted by atomic mass is 10.1. The van der Waals surface area contributed by atoms with Crippen LogP contribution in [0.1, 0.15) is 38.8 Å². The van der Waals surface area contributed by atoms with E-state index in [-0.39, 0.29) is 9.79 Å². The molecule has 0 bridgehead atoms. The zero-order valence-electron chi connectivity index (χ0n) is 30.6. The van der Waals surface area contributed by atoms with Crippen LogP contribution in [0.4, 0.5) is 0 Å². The van der Waals surface area contributed by atoms with Gasteiger partial charge in [0.2, 0.25) is 0 Å². The molecule has 2 N–H and O–H groups in total. The van der Waals surface area contributed by atoms with E-state index >= 15 is 0 Å². The summed E-state index contributed by atoms with van der Waals surface area (Å²) in [5.41, 5.74) is 3.96. The maximum Gasteiger partial charge on any atom is 0.294 e. The molecule has 1 aliphatic heterocycles. The fourth-order valence-corrected chi connectivity index (χ4v) is 7.54. The summed E-state index contributed by atoms with van der Waals surface area (Å²) in [4.78, 5) is 6.16. The van der Waals surface area contributed by atoms with Crippen molar-refractivity contribution in [1.82, 2.24) is 9.80 Å². The number of benzene rings is 4. The van der Waals surface area contributed by atoms with Crippen LogP contribution in [0.3, 0.4) is 0 Å². The van der Waals surface area contributed by atoms with Gasteiger partial charge in [-0.15, -0.1) is 0 Å². The molecule has 0 unspecified atom stereocenters. The van der Waals surface area contributed by atoms with Gasteiger partial charge < -0.3 is 19.3 Å². The van der Waals surface area contributed by atoms with Gasteiger partial charge in [-0.1, -0.05) is 63.1 Å². The molecule has 11 nitrogen and oxygen atoms in total. The Bertz CT molecular complexity index is 1830. The second-order valence-electron chi connectivity index (χ2n) is 11.9. The Labute approximate surface area is 311 Å². The largest absolute Gasteiger partial charge is 0.492 e. The standard InChI is InChI=1S/C24H34N2O3S.2C7H8O3S/c1-5-25(6-2)13-15-28-19-9-11-21-22-12-10-20(29-16-14-26(7-3)8-4)18-24(22)30(27)23(21)17-19;2*1-6-2-4-7(5-3-6)11(8,9)10/h9-12,17-18H,5-8,13-16H2,1-4H3;2*2-5H,1H3,(H,8,9,10). The summed E-state index contributed by atoms with van der Waals surface area (Å²) < 4.78 is 84.1. The molecule has 0 spiro atoms. The number of aryl methyl sites for hydroxylation is 2. The third-order valence-electron chi connectivity index (χ3n) is 8.37. The molecule has 1 heterocycles. The average Bonchev–Trinajstić information content (AvgIpc) is 3.39. The molecule has 5 rings (SSSR count). The van der Waals surface area contributed by atoms with E-state index < -0.39 is 31.0 Å².